The summed E-state index contributed by atoms with van der Waals surface area (Å²) in [5, 5.41) is 3.15. The predicted molar refractivity (Wildman–Crippen MR) is 114 cm³/mol. The molecule has 0 aliphatic heterocycles. The summed E-state index contributed by atoms with van der Waals surface area (Å²) >= 11 is 6.02. The number of carbonyl (C=O) groups is 2. The summed E-state index contributed by atoms with van der Waals surface area (Å²) in [5.41, 5.74) is -0.389. The number of nitrogens with one attached hydrogen (secondary N) is 2. The molecule has 2 N–H and O–H groups in total. The second-order valence-corrected chi connectivity index (χ2v) is 7.10. The molecule has 0 atom stereocenters. The van der Waals surface area contributed by atoms with Crippen LogP contribution in [0.1, 0.15) is 23.7 Å². The van der Waals surface area contributed by atoms with Gasteiger partial charge >= 0.3 is 5.69 Å². The first-order valence-electron chi connectivity index (χ1n) is 9.24. The monoisotopic (exact) mass is 429 g/mol. The normalized spacial score (nSPS) is 10.8. The molecule has 10 heteroatoms. The number of anilines is 1. The number of halogens is 1. The lowest BCUT2D eigenvalue weighted by molar-refractivity contribution is -0.116. The number of hydrogen-bond donors (Lipinski definition) is 2. The first kappa shape index (κ1) is 21.3. The predicted octanol–water partition coefficient (Wildman–Crippen LogP) is 1.86. The Labute approximate surface area is 176 Å². The van der Waals surface area contributed by atoms with Gasteiger partial charge in [-0.2, -0.15) is 0 Å². The fourth-order valence-corrected chi connectivity index (χ4v) is 3.16. The fourth-order valence-electron chi connectivity index (χ4n) is 2.98. The minimum atomic E-state index is -0.622. The minimum Gasteiger partial charge on any atom is -0.332 e. The van der Waals surface area contributed by atoms with E-state index < -0.39 is 23.1 Å². The van der Waals surface area contributed by atoms with Crippen LogP contribution in [0.25, 0.3) is 11.0 Å². The molecule has 156 valence electrons. The smallest absolute Gasteiger partial charge is 0.329 e. The van der Waals surface area contributed by atoms with Crippen LogP contribution in [0.2, 0.25) is 5.02 Å². The number of para-hydroxylation sites is 1. The molecule has 3 rings (SSSR count). The van der Waals surface area contributed by atoms with Gasteiger partial charge < -0.3 is 10.2 Å². The Morgan fingerprint density at radius 2 is 2.00 bits per heavy atom. The quantitative estimate of drug-likeness (QED) is 0.620. The molecule has 0 spiro atoms. The number of aromatic nitrogens is 3. The summed E-state index contributed by atoms with van der Waals surface area (Å²) < 4.78 is 1.35. The average Bonchev–Trinajstić information content (AvgIpc) is 2.72. The van der Waals surface area contributed by atoms with Gasteiger partial charge in [0.2, 0.25) is 5.91 Å². The van der Waals surface area contributed by atoms with Crippen LogP contribution in [0.3, 0.4) is 0 Å². The molecule has 0 radical (unpaired) electrons. The van der Waals surface area contributed by atoms with Crippen LogP contribution in [-0.2, 0) is 11.3 Å². The van der Waals surface area contributed by atoms with Crippen LogP contribution in [0.4, 0.5) is 5.69 Å². The van der Waals surface area contributed by atoms with Crippen molar-refractivity contribution in [2.45, 2.75) is 19.9 Å². The van der Waals surface area contributed by atoms with Gasteiger partial charge in [0, 0.05) is 19.8 Å². The van der Waals surface area contributed by atoms with Crippen molar-refractivity contribution >= 4 is 40.1 Å². The zero-order valence-electron chi connectivity index (χ0n) is 16.4. The molecule has 9 nitrogen and oxygen atoms in total. The number of H-pyrrole nitrogens is 1. The molecule has 1 aromatic carbocycles. The molecule has 0 fully saturated rings. The van der Waals surface area contributed by atoms with E-state index in [1.54, 1.807) is 24.3 Å². The van der Waals surface area contributed by atoms with Gasteiger partial charge in [-0.15, -0.1) is 0 Å². The van der Waals surface area contributed by atoms with Crippen molar-refractivity contribution in [3.05, 3.63) is 68.0 Å². The standard InChI is InChI=1S/C20H20ClN5O4/c1-3-8-26-17-13(18(28)24-20(26)30)9-12(10-22-17)19(29)25(2)11-16(27)23-15-7-5-4-6-14(15)21/h4-7,9-10H,3,8,11H2,1-2H3,(H,23,27)(H,24,28,30). The van der Waals surface area contributed by atoms with E-state index in [0.717, 1.165) is 0 Å². The van der Waals surface area contributed by atoms with Crippen LogP contribution >= 0.6 is 11.6 Å². The summed E-state index contributed by atoms with van der Waals surface area (Å²) in [6.45, 7) is 2.05. The number of carbonyl (C=O) groups excluding carboxylic acids is 2. The van der Waals surface area contributed by atoms with Crippen molar-refractivity contribution in [2.75, 3.05) is 18.9 Å². The summed E-state index contributed by atoms with van der Waals surface area (Å²) in [4.78, 5) is 56.8. The summed E-state index contributed by atoms with van der Waals surface area (Å²) in [6.07, 6.45) is 1.96. The van der Waals surface area contributed by atoms with E-state index in [2.05, 4.69) is 15.3 Å². The molecule has 2 amide bonds. The molecule has 0 aliphatic carbocycles. The number of fused-ring (bicyclic) bond motifs is 1. The number of nitrogens with zero attached hydrogens (tertiary/aromatic N) is 3. The van der Waals surface area contributed by atoms with E-state index in [-0.39, 0.29) is 23.1 Å². The Hall–Kier alpha value is -3.46. The molecular formula is C20H20ClN5O4. The van der Waals surface area contributed by atoms with E-state index in [0.29, 0.717) is 23.7 Å². The van der Waals surface area contributed by atoms with Crippen LogP contribution in [0.15, 0.2) is 46.1 Å². The summed E-state index contributed by atoms with van der Waals surface area (Å²) in [7, 11) is 1.46. The topological polar surface area (TPSA) is 117 Å². The Morgan fingerprint density at radius 1 is 1.27 bits per heavy atom. The van der Waals surface area contributed by atoms with Crippen molar-refractivity contribution in [3.63, 3.8) is 0 Å². The van der Waals surface area contributed by atoms with Crippen LogP contribution in [0.5, 0.6) is 0 Å². The van der Waals surface area contributed by atoms with Gasteiger partial charge in [-0.25, -0.2) is 9.78 Å². The number of amides is 2. The van der Waals surface area contributed by atoms with E-state index in [1.165, 1.54) is 28.8 Å². The van der Waals surface area contributed by atoms with Gasteiger partial charge in [0.1, 0.15) is 5.65 Å². The maximum atomic E-state index is 12.7. The molecular weight excluding hydrogens is 410 g/mol. The van der Waals surface area contributed by atoms with Gasteiger partial charge in [0.15, 0.2) is 0 Å². The van der Waals surface area contributed by atoms with Crippen molar-refractivity contribution in [3.8, 4) is 0 Å². The number of pyridine rings is 1. The molecule has 0 saturated heterocycles. The van der Waals surface area contributed by atoms with E-state index >= 15 is 0 Å². The first-order valence-corrected chi connectivity index (χ1v) is 9.62. The molecule has 0 saturated carbocycles. The second kappa shape index (κ2) is 8.91. The lowest BCUT2D eigenvalue weighted by Gasteiger charge is -2.17. The molecule has 0 aliphatic rings. The minimum absolute atomic E-state index is 0.128. The summed E-state index contributed by atoms with van der Waals surface area (Å²) in [6, 6.07) is 8.13. The summed E-state index contributed by atoms with van der Waals surface area (Å²) in [5.74, 6) is -0.923. The van der Waals surface area contributed by atoms with E-state index in [1.807, 2.05) is 6.92 Å². The Morgan fingerprint density at radius 3 is 2.70 bits per heavy atom. The number of rotatable bonds is 6. The van der Waals surface area contributed by atoms with Gasteiger partial charge in [0.05, 0.1) is 28.2 Å². The molecule has 2 aromatic heterocycles. The third-order valence-corrected chi connectivity index (χ3v) is 4.73. The second-order valence-electron chi connectivity index (χ2n) is 6.70. The van der Waals surface area contributed by atoms with Crippen molar-refractivity contribution in [2.24, 2.45) is 0 Å². The van der Waals surface area contributed by atoms with Crippen LogP contribution in [0, 0.1) is 0 Å². The zero-order chi connectivity index (χ0) is 21.8. The van der Waals surface area contributed by atoms with Crippen molar-refractivity contribution < 1.29 is 9.59 Å². The van der Waals surface area contributed by atoms with E-state index in [4.69, 9.17) is 11.6 Å². The number of likely N-dealkylation sites (N-methyl/N-ethyl adjacent to an activating group) is 1. The Kier molecular flexibility index (Phi) is 6.31. The van der Waals surface area contributed by atoms with Crippen LogP contribution in [-0.4, -0.2) is 44.8 Å². The van der Waals surface area contributed by atoms with Gasteiger partial charge in [-0.3, -0.25) is 23.9 Å². The number of hydrogen-bond acceptors (Lipinski definition) is 5. The maximum Gasteiger partial charge on any atom is 0.329 e. The molecule has 3 aromatic rings. The molecule has 0 bridgehead atoms. The highest BCUT2D eigenvalue weighted by molar-refractivity contribution is 6.33. The average molecular weight is 430 g/mol. The largest absolute Gasteiger partial charge is 0.332 e. The molecule has 30 heavy (non-hydrogen) atoms. The maximum absolute atomic E-state index is 12.7. The Bertz CT molecular complexity index is 1230. The molecule has 2 heterocycles. The SMILES string of the molecule is CCCn1c(=O)[nH]c(=O)c2cc(C(=O)N(C)CC(=O)Nc3ccccc3Cl)cnc21. The lowest BCUT2D eigenvalue weighted by atomic mass is 10.2. The van der Waals surface area contributed by atoms with Crippen molar-refractivity contribution in [1.82, 2.24) is 19.4 Å². The number of aromatic amines is 1. The third-order valence-electron chi connectivity index (χ3n) is 4.40. The van der Waals surface area contributed by atoms with Gasteiger partial charge in [0.25, 0.3) is 11.5 Å². The molecule has 0 unspecified atom stereocenters. The highest BCUT2D eigenvalue weighted by atomic mass is 35.5. The van der Waals surface area contributed by atoms with Gasteiger partial charge in [-0.05, 0) is 24.6 Å². The fraction of sp³-hybridized carbons (Fsp3) is 0.250. The highest BCUT2D eigenvalue weighted by Crippen LogP contribution is 2.20. The lowest BCUT2D eigenvalue weighted by Crippen LogP contribution is -2.35. The Balaban J connectivity index is 1.82. The van der Waals surface area contributed by atoms with Crippen LogP contribution < -0.4 is 16.6 Å². The third kappa shape index (κ3) is 4.41. The zero-order valence-corrected chi connectivity index (χ0v) is 17.2. The van der Waals surface area contributed by atoms with E-state index in [9.17, 15) is 19.2 Å². The van der Waals surface area contributed by atoms with Crippen molar-refractivity contribution in [1.29, 1.82) is 0 Å². The first-order chi connectivity index (χ1) is 14.3. The van der Waals surface area contributed by atoms with Gasteiger partial charge in [-0.1, -0.05) is 30.7 Å². The number of aryl methyl sites for hydroxylation is 1. The highest BCUT2D eigenvalue weighted by Gasteiger charge is 2.18. The number of benzene rings is 1.